The minimum Gasteiger partial charge on any atom is -0.493 e. The molecular weight excluding hydrogens is 773 g/mol. The van der Waals surface area contributed by atoms with Crippen LogP contribution >= 0.6 is 0 Å². The fourth-order valence-electron chi connectivity index (χ4n) is 9.04. The van der Waals surface area contributed by atoms with Crippen molar-refractivity contribution in [3.05, 3.63) is 29.3 Å². The molecule has 0 saturated carbocycles. The summed E-state index contributed by atoms with van der Waals surface area (Å²) in [5.74, 6) is 0.339. The van der Waals surface area contributed by atoms with Gasteiger partial charge in [-0.25, -0.2) is 0 Å². The Morgan fingerprint density at radius 2 is 0.619 bits per heavy atom. The molecule has 0 aliphatic rings. The maximum Gasteiger partial charge on any atom is 0.255 e. The second-order valence-electron chi connectivity index (χ2n) is 19.6. The van der Waals surface area contributed by atoms with Crippen molar-refractivity contribution < 1.29 is 14.3 Å². The lowest BCUT2D eigenvalue weighted by molar-refractivity contribution is 0.0937. The monoisotopic (exact) mass is 881 g/mol. The van der Waals surface area contributed by atoms with Crippen molar-refractivity contribution in [2.75, 3.05) is 19.7 Å². The van der Waals surface area contributed by atoms with Crippen LogP contribution in [0.1, 0.15) is 324 Å². The van der Waals surface area contributed by atoms with Gasteiger partial charge in [0, 0.05) is 18.7 Å². The summed E-state index contributed by atoms with van der Waals surface area (Å²) in [5.41, 5.74) is 1.10. The minimum atomic E-state index is -0.104. The van der Waals surface area contributed by atoms with Crippen molar-refractivity contribution in [1.82, 2.24) is 10.6 Å². The quantitative estimate of drug-likeness (QED) is 0.0641. The van der Waals surface area contributed by atoms with Gasteiger partial charge in [-0.1, -0.05) is 284 Å². The number of ether oxygens (including phenoxy) is 1. The zero-order chi connectivity index (χ0) is 45.4. The first-order valence-corrected chi connectivity index (χ1v) is 28.5. The number of rotatable bonds is 50. The number of carbonyl (C=O) groups is 2. The molecule has 2 amide bonds. The highest BCUT2D eigenvalue weighted by Crippen LogP contribution is 2.23. The minimum absolute atomic E-state index is 0.0834. The number of hydrogen-bond acceptors (Lipinski definition) is 3. The number of amides is 2. The van der Waals surface area contributed by atoms with Crippen LogP contribution in [0.3, 0.4) is 0 Å². The molecule has 0 aliphatic carbocycles. The summed E-state index contributed by atoms with van der Waals surface area (Å²) >= 11 is 0. The number of hydrogen-bond donors (Lipinski definition) is 2. The van der Waals surface area contributed by atoms with Crippen molar-refractivity contribution in [3.8, 4) is 5.75 Å². The van der Waals surface area contributed by atoms with Crippen molar-refractivity contribution in [3.63, 3.8) is 0 Å². The van der Waals surface area contributed by atoms with E-state index >= 15 is 0 Å². The number of carbonyl (C=O) groups excluding carboxylic acids is 2. The van der Waals surface area contributed by atoms with Crippen molar-refractivity contribution in [2.24, 2.45) is 0 Å². The molecule has 1 rings (SSSR count). The van der Waals surface area contributed by atoms with E-state index in [9.17, 15) is 9.59 Å². The molecule has 0 unspecified atom stereocenters. The summed E-state index contributed by atoms with van der Waals surface area (Å²) in [6.07, 6.45) is 59.1. The van der Waals surface area contributed by atoms with Gasteiger partial charge in [0.1, 0.15) is 5.75 Å². The van der Waals surface area contributed by atoms with E-state index in [4.69, 9.17) is 4.74 Å². The molecule has 0 spiro atoms. The average molecular weight is 882 g/mol. The van der Waals surface area contributed by atoms with Gasteiger partial charge in [0.2, 0.25) is 0 Å². The van der Waals surface area contributed by atoms with Crippen LogP contribution in [0.25, 0.3) is 0 Å². The first kappa shape index (κ1) is 59.0. The fraction of sp³-hybridized carbons (Fsp3) is 0.862. The topological polar surface area (TPSA) is 67.4 Å². The van der Waals surface area contributed by atoms with Gasteiger partial charge in [-0.3, -0.25) is 9.59 Å². The van der Waals surface area contributed by atoms with Crippen LogP contribution in [0.4, 0.5) is 0 Å². The van der Waals surface area contributed by atoms with Gasteiger partial charge in [0.05, 0.1) is 12.2 Å². The lowest BCUT2D eigenvalue weighted by Crippen LogP contribution is -2.26. The summed E-state index contributed by atoms with van der Waals surface area (Å²) < 4.78 is 6.15. The SMILES string of the molecule is CCCCCCCCCCCCCCCCCCCCCCNC(=O)c1ccc(C(=O)NCCCCCCCCCCCCCCCCCCCCCC)c(OCCCCCC)c1. The zero-order valence-corrected chi connectivity index (χ0v) is 42.7. The molecule has 5 heteroatoms. The highest BCUT2D eigenvalue weighted by atomic mass is 16.5. The Balaban J connectivity index is 2.15. The molecule has 0 atom stereocenters. The molecule has 0 radical (unpaired) electrons. The van der Waals surface area contributed by atoms with Crippen molar-refractivity contribution in [2.45, 2.75) is 303 Å². The van der Waals surface area contributed by atoms with Crippen LogP contribution in [0.15, 0.2) is 18.2 Å². The predicted molar refractivity (Wildman–Crippen MR) is 277 cm³/mol. The first-order chi connectivity index (χ1) is 31.1. The van der Waals surface area contributed by atoms with E-state index in [-0.39, 0.29) is 11.8 Å². The molecule has 0 heterocycles. The Kier molecular flexibility index (Phi) is 44.8. The van der Waals surface area contributed by atoms with Crippen molar-refractivity contribution >= 4 is 11.8 Å². The second kappa shape index (κ2) is 47.9. The lowest BCUT2D eigenvalue weighted by Gasteiger charge is -2.14. The van der Waals surface area contributed by atoms with E-state index in [1.54, 1.807) is 18.2 Å². The van der Waals surface area contributed by atoms with Crippen LogP contribution in [-0.4, -0.2) is 31.5 Å². The molecule has 2 N–H and O–H groups in total. The van der Waals surface area contributed by atoms with Gasteiger partial charge in [0.25, 0.3) is 11.8 Å². The molecule has 0 fully saturated rings. The fourth-order valence-corrected chi connectivity index (χ4v) is 9.04. The van der Waals surface area contributed by atoms with Crippen molar-refractivity contribution in [1.29, 1.82) is 0 Å². The standard InChI is InChI=1S/C58H108N2O3/c1-4-7-10-13-15-17-19-21-23-25-27-29-31-33-35-37-39-41-43-45-50-59-57(61)54-48-49-55(56(53-54)63-52-47-12-9-6-3)58(62)60-51-46-44-42-40-38-36-34-32-30-28-26-24-22-20-18-16-14-11-8-5-2/h48-49,53H,4-47,50-52H2,1-3H3,(H,59,61)(H,60,62). The van der Waals surface area contributed by atoms with Gasteiger partial charge >= 0.3 is 0 Å². The number of nitrogens with one attached hydrogen (secondary N) is 2. The van der Waals surface area contributed by atoms with Gasteiger partial charge in [0.15, 0.2) is 0 Å². The van der Waals surface area contributed by atoms with E-state index in [0.717, 1.165) is 38.5 Å². The molecule has 63 heavy (non-hydrogen) atoms. The van der Waals surface area contributed by atoms with Gasteiger partial charge in [-0.05, 0) is 37.5 Å². The molecule has 368 valence electrons. The Labute approximate surface area is 393 Å². The molecule has 5 nitrogen and oxygen atoms in total. The molecule has 1 aromatic carbocycles. The van der Waals surface area contributed by atoms with Crippen LogP contribution in [0.5, 0.6) is 5.75 Å². The van der Waals surface area contributed by atoms with E-state index in [1.807, 2.05) is 0 Å². The summed E-state index contributed by atoms with van der Waals surface area (Å²) in [4.78, 5) is 26.4. The summed E-state index contributed by atoms with van der Waals surface area (Å²) in [5, 5.41) is 6.24. The highest BCUT2D eigenvalue weighted by molar-refractivity contribution is 6.00. The molecule has 1 aromatic rings. The first-order valence-electron chi connectivity index (χ1n) is 28.5. The molecule has 0 saturated heterocycles. The Morgan fingerprint density at radius 3 is 0.937 bits per heavy atom. The zero-order valence-electron chi connectivity index (χ0n) is 42.7. The van der Waals surface area contributed by atoms with E-state index in [1.165, 1.54) is 244 Å². The van der Waals surface area contributed by atoms with E-state index in [2.05, 4.69) is 31.4 Å². The molecular formula is C58H108N2O3. The Morgan fingerprint density at radius 1 is 0.349 bits per heavy atom. The second-order valence-corrected chi connectivity index (χ2v) is 19.6. The third kappa shape index (κ3) is 38.9. The molecule has 0 bridgehead atoms. The Bertz CT molecular complexity index is 1120. The van der Waals surface area contributed by atoms with Crippen LogP contribution < -0.4 is 15.4 Å². The summed E-state index contributed by atoms with van der Waals surface area (Å²) in [6.45, 7) is 8.72. The average Bonchev–Trinajstić information content (AvgIpc) is 3.29. The summed E-state index contributed by atoms with van der Waals surface area (Å²) in [7, 11) is 0. The van der Waals surface area contributed by atoms with Crippen LogP contribution in [0.2, 0.25) is 0 Å². The maximum absolute atomic E-state index is 13.3. The van der Waals surface area contributed by atoms with Gasteiger partial charge in [-0.15, -0.1) is 0 Å². The van der Waals surface area contributed by atoms with Gasteiger partial charge < -0.3 is 15.4 Å². The molecule has 0 aromatic heterocycles. The largest absolute Gasteiger partial charge is 0.493 e. The van der Waals surface area contributed by atoms with E-state index in [0.29, 0.717) is 36.6 Å². The third-order valence-electron chi connectivity index (χ3n) is 13.4. The lowest BCUT2D eigenvalue weighted by atomic mass is 10.0. The van der Waals surface area contributed by atoms with Crippen LogP contribution in [-0.2, 0) is 0 Å². The third-order valence-corrected chi connectivity index (χ3v) is 13.4. The predicted octanol–water partition coefficient (Wildman–Crippen LogP) is 18.7. The smallest absolute Gasteiger partial charge is 0.255 e. The normalized spacial score (nSPS) is 11.3. The highest BCUT2D eigenvalue weighted by Gasteiger charge is 2.16. The molecule has 0 aliphatic heterocycles. The number of benzene rings is 1. The maximum atomic E-state index is 13.3. The van der Waals surface area contributed by atoms with Crippen LogP contribution in [0, 0.1) is 0 Å². The Hall–Kier alpha value is -2.04. The van der Waals surface area contributed by atoms with E-state index < -0.39 is 0 Å². The number of unbranched alkanes of at least 4 members (excludes halogenated alkanes) is 41. The summed E-state index contributed by atoms with van der Waals surface area (Å²) in [6, 6.07) is 5.34. The van der Waals surface area contributed by atoms with Gasteiger partial charge in [-0.2, -0.15) is 0 Å².